The van der Waals surface area contributed by atoms with Crippen molar-refractivity contribution in [2.45, 2.75) is 6.92 Å². The summed E-state index contributed by atoms with van der Waals surface area (Å²) in [5, 5.41) is 13.5. The molecule has 0 aliphatic heterocycles. The van der Waals surface area contributed by atoms with Gasteiger partial charge in [-0.25, -0.2) is 5.43 Å². The van der Waals surface area contributed by atoms with E-state index in [1.165, 1.54) is 19.4 Å². The van der Waals surface area contributed by atoms with Crippen LogP contribution in [0.4, 0.5) is 0 Å². The Morgan fingerprint density at radius 1 is 1.19 bits per heavy atom. The fourth-order valence-electron chi connectivity index (χ4n) is 2.00. The van der Waals surface area contributed by atoms with Crippen molar-refractivity contribution in [3.05, 3.63) is 46.4 Å². The topological polar surface area (TPSA) is 89.4 Å². The number of carbonyl (C=O) groups is 1. The molecule has 138 valence electrons. The molecule has 0 fully saturated rings. The van der Waals surface area contributed by atoms with Gasteiger partial charge in [-0.2, -0.15) is 5.10 Å². The molecule has 0 radical (unpaired) electrons. The highest BCUT2D eigenvalue weighted by Gasteiger charge is 2.08. The number of halogens is 1. The SMILES string of the molecule is CCOc1cc(/C=N/NC(=O)COc2ccc(Br)cc2OC)ccc1O. The van der Waals surface area contributed by atoms with Gasteiger partial charge in [0.25, 0.3) is 5.91 Å². The second-order valence-electron chi connectivity index (χ2n) is 5.04. The molecule has 2 rings (SSSR count). The Morgan fingerprint density at radius 2 is 2.00 bits per heavy atom. The molecule has 8 heteroatoms. The van der Waals surface area contributed by atoms with Crippen molar-refractivity contribution in [2.75, 3.05) is 20.3 Å². The average Bonchev–Trinajstić information content (AvgIpc) is 2.63. The van der Waals surface area contributed by atoms with Gasteiger partial charge in [0.15, 0.2) is 29.6 Å². The summed E-state index contributed by atoms with van der Waals surface area (Å²) in [4.78, 5) is 11.8. The van der Waals surface area contributed by atoms with E-state index in [-0.39, 0.29) is 12.4 Å². The highest BCUT2D eigenvalue weighted by molar-refractivity contribution is 9.10. The van der Waals surface area contributed by atoms with Gasteiger partial charge in [-0.05, 0) is 48.9 Å². The van der Waals surface area contributed by atoms with Crippen LogP contribution < -0.4 is 19.6 Å². The predicted octanol–water partition coefficient (Wildman–Crippen LogP) is 3.09. The molecule has 0 aliphatic rings. The van der Waals surface area contributed by atoms with Gasteiger partial charge in [-0.15, -0.1) is 0 Å². The van der Waals surface area contributed by atoms with Gasteiger partial charge in [0, 0.05) is 4.47 Å². The molecule has 0 atom stereocenters. The molecule has 2 N–H and O–H groups in total. The lowest BCUT2D eigenvalue weighted by atomic mass is 10.2. The molecule has 0 unspecified atom stereocenters. The number of benzene rings is 2. The number of phenols is 1. The molecule has 7 nitrogen and oxygen atoms in total. The standard InChI is InChI=1S/C18H19BrN2O5/c1-3-25-16-8-12(4-6-14(16)22)10-20-21-18(23)11-26-15-7-5-13(19)9-17(15)24-2/h4-10,22H,3,11H2,1-2H3,(H,21,23)/b20-10+. The van der Waals surface area contributed by atoms with Crippen molar-refractivity contribution in [1.29, 1.82) is 0 Å². The predicted molar refractivity (Wildman–Crippen MR) is 101 cm³/mol. The molecule has 2 aromatic rings. The van der Waals surface area contributed by atoms with Crippen molar-refractivity contribution in [3.63, 3.8) is 0 Å². The van der Waals surface area contributed by atoms with Gasteiger partial charge in [-0.3, -0.25) is 4.79 Å². The minimum Gasteiger partial charge on any atom is -0.504 e. The Kier molecular flexibility index (Phi) is 7.28. The van der Waals surface area contributed by atoms with Crippen LogP contribution in [-0.4, -0.2) is 37.6 Å². The molecule has 0 bridgehead atoms. The van der Waals surface area contributed by atoms with Crippen molar-refractivity contribution < 1.29 is 24.1 Å². The molecule has 0 aromatic heterocycles. The van der Waals surface area contributed by atoms with Crippen molar-refractivity contribution in [1.82, 2.24) is 5.43 Å². The maximum absolute atomic E-state index is 11.8. The van der Waals surface area contributed by atoms with Crippen molar-refractivity contribution in [2.24, 2.45) is 5.10 Å². The normalized spacial score (nSPS) is 10.6. The molecule has 0 spiro atoms. The van der Waals surface area contributed by atoms with Gasteiger partial charge >= 0.3 is 0 Å². The number of amides is 1. The van der Waals surface area contributed by atoms with Crippen LogP contribution in [0.25, 0.3) is 0 Å². The number of hydrogen-bond donors (Lipinski definition) is 2. The zero-order valence-electron chi connectivity index (χ0n) is 14.4. The van der Waals surface area contributed by atoms with E-state index in [1.807, 2.05) is 6.92 Å². The number of hydrazone groups is 1. The van der Waals surface area contributed by atoms with Crippen LogP contribution in [0.15, 0.2) is 46.0 Å². The number of phenolic OH excluding ortho intramolecular Hbond substituents is 1. The monoisotopic (exact) mass is 422 g/mol. The summed E-state index contributed by atoms with van der Waals surface area (Å²) in [6.07, 6.45) is 1.44. The quantitative estimate of drug-likeness (QED) is 0.503. The Morgan fingerprint density at radius 3 is 2.73 bits per heavy atom. The van der Waals surface area contributed by atoms with Gasteiger partial charge in [-0.1, -0.05) is 15.9 Å². The summed E-state index contributed by atoms with van der Waals surface area (Å²) in [5.74, 6) is 0.950. The van der Waals surface area contributed by atoms with Gasteiger partial charge < -0.3 is 19.3 Å². The summed E-state index contributed by atoms with van der Waals surface area (Å²) in [6, 6.07) is 10.00. The second-order valence-corrected chi connectivity index (χ2v) is 5.95. The first-order valence-corrected chi connectivity index (χ1v) is 8.56. The van der Waals surface area contributed by atoms with Crippen LogP contribution in [0.5, 0.6) is 23.0 Å². The molecule has 26 heavy (non-hydrogen) atoms. The fraction of sp³-hybridized carbons (Fsp3) is 0.222. The summed E-state index contributed by atoms with van der Waals surface area (Å²) in [7, 11) is 1.52. The lowest BCUT2D eigenvalue weighted by Gasteiger charge is -2.10. The first-order chi connectivity index (χ1) is 12.5. The van der Waals surface area contributed by atoms with E-state index in [2.05, 4.69) is 26.5 Å². The lowest BCUT2D eigenvalue weighted by Crippen LogP contribution is -2.24. The van der Waals surface area contributed by atoms with Gasteiger partial charge in [0.1, 0.15) is 0 Å². The van der Waals surface area contributed by atoms with E-state index in [9.17, 15) is 9.90 Å². The van der Waals surface area contributed by atoms with Gasteiger partial charge in [0.2, 0.25) is 0 Å². The van der Waals surface area contributed by atoms with E-state index >= 15 is 0 Å². The molecule has 0 heterocycles. The van der Waals surface area contributed by atoms with Gasteiger partial charge in [0.05, 0.1) is 19.9 Å². The van der Waals surface area contributed by atoms with E-state index < -0.39 is 5.91 Å². The Balaban J connectivity index is 1.89. The third-order valence-corrected chi connectivity index (χ3v) is 3.66. The van der Waals surface area contributed by atoms with E-state index in [0.29, 0.717) is 29.4 Å². The van der Waals surface area contributed by atoms with Crippen LogP contribution in [-0.2, 0) is 4.79 Å². The third-order valence-electron chi connectivity index (χ3n) is 3.17. The molecular weight excluding hydrogens is 404 g/mol. The highest BCUT2D eigenvalue weighted by atomic mass is 79.9. The van der Waals surface area contributed by atoms with E-state index in [0.717, 1.165) is 4.47 Å². The Labute approximate surface area is 159 Å². The van der Waals surface area contributed by atoms with E-state index in [1.54, 1.807) is 30.3 Å². The fourth-order valence-corrected chi connectivity index (χ4v) is 2.34. The smallest absolute Gasteiger partial charge is 0.277 e. The number of ether oxygens (including phenoxy) is 3. The summed E-state index contributed by atoms with van der Waals surface area (Å²) < 4.78 is 16.8. The number of nitrogens with zero attached hydrogens (tertiary/aromatic N) is 1. The van der Waals surface area contributed by atoms with Crippen LogP contribution in [0.3, 0.4) is 0 Å². The van der Waals surface area contributed by atoms with Crippen LogP contribution in [0, 0.1) is 0 Å². The molecule has 0 saturated heterocycles. The number of rotatable bonds is 8. The lowest BCUT2D eigenvalue weighted by molar-refractivity contribution is -0.123. The molecule has 0 aliphatic carbocycles. The Hall–Kier alpha value is -2.74. The number of methoxy groups -OCH3 is 1. The van der Waals surface area contributed by atoms with E-state index in [4.69, 9.17) is 14.2 Å². The minimum atomic E-state index is -0.421. The molecular formula is C18H19BrN2O5. The first kappa shape index (κ1) is 19.6. The largest absolute Gasteiger partial charge is 0.504 e. The molecule has 0 saturated carbocycles. The second kappa shape index (κ2) is 9.67. The van der Waals surface area contributed by atoms with Crippen LogP contribution in [0.2, 0.25) is 0 Å². The van der Waals surface area contributed by atoms with Crippen molar-refractivity contribution >= 4 is 28.1 Å². The molecule has 1 amide bonds. The molecule has 2 aromatic carbocycles. The first-order valence-electron chi connectivity index (χ1n) is 7.77. The van der Waals surface area contributed by atoms with Crippen LogP contribution in [0.1, 0.15) is 12.5 Å². The number of aromatic hydroxyl groups is 1. The van der Waals surface area contributed by atoms with Crippen LogP contribution >= 0.6 is 15.9 Å². The Bertz CT molecular complexity index is 795. The zero-order valence-corrected chi connectivity index (χ0v) is 15.9. The summed E-state index contributed by atoms with van der Waals surface area (Å²) in [6.45, 7) is 2.04. The average molecular weight is 423 g/mol. The summed E-state index contributed by atoms with van der Waals surface area (Å²) in [5.41, 5.74) is 3.04. The minimum absolute atomic E-state index is 0.0462. The highest BCUT2D eigenvalue weighted by Crippen LogP contribution is 2.30. The third kappa shape index (κ3) is 5.66. The number of hydrogen-bond acceptors (Lipinski definition) is 6. The summed E-state index contributed by atoms with van der Waals surface area (Å²) >= 11 is 3.33. The maximum atomic E-state index is 11.8. The number of nitrogens with one attached hydrogen (secondary N) is 1. The van der Waals surface area contributed by atoms with Crippen molar-refractivity contribution in [3.8, 4) is 23.0 Å². The zero-order chi connectivity index (χ0) is 18.9. The maximum Gasteiger partial charge on any atom is 0.277 e. The number of carbonyl (C=O) groups excluding carboxylic acids is 1.